The van der Waals surface area contributed by atoms with Gasteiger partial charge in [0.05, 0.1) is 10.7 Å². The van der Waals surface area contributed by atoms with Crippen LogP contribution < -0.4 is 10.2 Å². The van der Waals surface area contributed by atoms with Crippen LogP contribution in [0.25, 0.3) is 5.65 Å². The maximum Gasteiger partial charge on any atom is 0.151 e. The van der Waals surface area contributed by atoms with Gasteiger partial charge in [-0.05, 0) is 37.1 Å². The Morgan fingerprint density at radius 2 is 2.21 bits per heavy atom. The summed E-state index contributed by atoms with van der Waals surface area (Å²) in [6, 6.07) is 8.20. The number of hydrogen-bond acceptors (Lipinski definition) is 5. The summed E-state index contributed by atoms with van der Waals surface area (Å²) in [6.45, 7) is 2.69. The predicted octanol–water partition coefficient (Wildman–Crippen LogP) is 2.54. The van der Waals surface area contributed by atoms with Gasteiger partial charge in [0.25, 0.3) is 0 Å². The van der Waals surface area contributed by atoms with Gasteiger partial charge in [0.15, 0.2) is 5.82 Å². The van der Waals surface area contributed by atoms with Gasteiger partial charge in [-0.25, -0.2) is 4.98 Å². The van der Waals surface area contributed by atoms with Crippen LogP contribution in [0.15, 0.2) is 42.9 Å². The van der Waals surface area contributed by atoms with Crippen LogP contribution in [0.5, 0.6) is 0 Å². The van der Waals surface area contributed by atoms with Gasteiger partial charge in [-0.2, -0.15) is 5.10 Å². The number of fused-ring (bicyclic) bond motifs is 1. The normalized spacial score (nSPS) is 17.7. The Balaban J connectivity index is 1.37. The molecule has 7 heteroatoms. The molecule has 1 saturated heterocycles. The van der Waals surface area contributed by atoms with Crippen molar-refractivity contribution >= 4 is 23.1 Å². The molecule has 0 unspecified atom stereocenters. The van der Waals surface area contributed by atoms with Crippen molar-refractivity contribution in [1.82, 2.24) is 24.9 Å². The largest absolute Gasteiger partial charge is 0.351 e. The zero-order valence-corrected chi connectivity index (χ0v) is 14.0. The minimum Gasteiger partial charge on any atom is -0.351 e. The third-order valence-corrected chi connectivity index (χ3v) is 4.60. The number of anilines is 1. The molecule has 4 heterocycles. The van der Waals surface area contributed by atoms with Crippen molar-refractivity contribution in [3.05, 3.63) is 53.6 Å². The quantitative estimate of drug-likeness (QED) is 0.772. The molecule has 0 radical (unpaired) electrons. The van der Waals surface area contributed by atoms with Gasteiger partial charge in [0, 0.05) is 44.3 Å². The molecule has 0 spiro atoms. The topological polar surface area (TPSA) is 58.4 Å². The molecular weight excluding hydrogens is 324 g/mol. The Labute approximate surface area is 145 Å². The molecule has 1 fully saturated rings. The summed E-state index contributed by atoms with van der Waals surface area (Å²) in [6.07, 6.45) is 7.96. The van der Waals surface area contributed by atoms with Crippen molar-refractivity contribution in [2.45, 2.75) is 25.4 Å². The standard InChI is InChI=1S/C17H19ClN6/c18-13-5-6-16-21-14(12-23(16)11-13)9-19-10-15-3-2-8-24(15)17-4-1-7-20-22-17/h1,4-7,11-12,15,19H,2-3,8-10H2/t15-/m1/s1. The molecule has 0 amide bonds. The van der Waals surface area contributed by atoms with Crippen molar-refractivity contribution in [2.75, 3.05) is 18.0 Å². The number of rotatable bonds is 5. The van der Waals surface area contributed by atoms with Gasteiger partial charge in [-0.15, -0.1) is 5.10 Å². The van der Waals surface area contributed by atoms with Crippen LogP contribution in [0.3, 0.4) is 0 Å². The van der Waals surface area contributed by atoms with E-state index in [4.69, 9.17) is 11.6 Å². The SMILES string of the molecule is Clc1ccc2nc(CNC[C@H]3CCCN3c3cccnn3)cn2c1. The first-order valence-electron chi connectivity index (χ1n) is 8.18. The summed E-state index contributed by atoms with van der Waals surface area (Å²) in [4.78, 5) is 6.94. The number of nitrogens with zero attached hydrogens (tertiary/aromatic N) is 5. The number of hydrogen-bond donors (Lipinski definition) is 1. The fourth-order valence-corrected chi connectivity index (χ4v) is 3.43. The molecule has 3 aromatic rings. The minimum atomic E-state index is 0.452. The second-order valence-corrected chi connectivity index (χ2v) is 6.48. The number of aromatic nitrogens is 4. The summed E-state index contributed by atoms with van der Waals surface area (Å²) in [5.41, 5.74) is 1.93. The maximum atomic E-state index is 6.01. The number of pyridine rings is 1. The predicted molar refractivity (Wildman–Crippen MR) is 94.3 cm³/mol. The van der Waals surface area contributed by atoms with E-state index in [1.54, 1.807) is 6.20 Å². The molecule has 3 aromatic heterocycles. The molecule has 4 rings (SSSR count). The van der Waals surface area contributed by atoms with Crippen LogP contribution >= 0.6 is 11.6 Å². The van der Waals surface area contributed by atoms with E-state index >= 15 is 0 Å². The zero-order valence-electron chi connectivity index (χ0n) is 13.3. The second kappa shape index (κ2) is 6.75. The third kappa shape index (κ3) is 3.20. The van der Waals surface area contributed by atoms with Crippen molar-refractivity contribution in [1.29, 1.82) is 0 Å². The van der Waals surface area contributed by atoms with E-state index in [1.165, 1.54) is 12.8 Å². The Hall–Kier alpha value is -2.18. The molecule has 1 aliphatic heterocycles. The lowest BCUT2D eigenvalue weighted by Gasteiger charge is -2.25. The third-order valence-electron chi connectivity index (χ3n) is 4.38. The van der Waals surface area contributed by atoms with Gasteiger partial charge < -0.3 is 14.6 Å². The summed E-state index contributed by atoms with van der Waals surface area (Å²) >= 11 is 6.01. The molecule has 0 aliphatic carbocycles. The van der Waals surface area contributed by atoms with Crippen molar-refractivity contribution in [2.24, 2.45) is 0 Å². The highest BCUT2D eigenvalue weighted by Gasteiger charge is 2.25. The highest BCUT2D eigenvalue weighted by Crippen LogP contribution is 2.22. The van der Waals surface area contributed by atoms with E-state index in [0.717, 1.165) is 36.8 Å². The van der Waals surface area contributed by atoms with Crippen LogP contribution in [-0.2, 0) is 6.54 Å². The van der Waals surface area contributed by atoms with E-state index in [0.29, 0.717) is 11.1 Å². The Bertz CT molecular complexity index is 818. The van der Waals surface area contributed by atoms with E-state index < -0.39 is 0 Å². The van der Waals surface area contributed by atoms with Crippen LogP contribution in [-0.4, -0.2) is 38.7 Å². The highest BCUT2D eigenvalue weighted by molar-refractivity contribution is 6.30. The van der Waals surface area contributed by atoms with E-state index in [9.17, 15) is 0 Å². The molecule has 1 aliphatic rings. The molecule has 24 heavy (non-hydrogen) atoms. The summed E-state index contributed by atoms with van der Waals surface area (Å²) < 4.78 is 1.96. The fraction of sp³-hybridized carbons (Fsp3) is 0.353. The maximum absolute atomic E-state index is 6.01. The molecule has 0 saturated carbocycles. The van der Waals surface area contributed by atoms with E-state index in [-0.39, 0.29) is 0 Å². The van der Waals surface area contributed by atoms with Gasteiger partial charge >= 0.3 is 0 Å². The molecule has 0 bridgehead atoms. The first kappa shape index (κ1) is 15.4. The van der Waals surface area contributed by atoms with Crippen molar-refractivity contribution in [3.8, 4) is 0 Å². The summed E-state index contributed by atoms with van der Waals surface area (Å²) in [5.74, 6) is 0.962. The lowest BCUT2D eigenvalue weighted by Crippen LogP contribution is -2.38. The van der Waals surface area contributed by atoms with E-state index in [1.807, 2.05) is 41.1 Å². The molecule has 0 aromatic carbocycles. The van der Waals surface area contributed by atoms with Gasteiger partial charge in [-0.3, -0.25) is 0 Å². The monoisotopic (exact) mass is 342 g/mol. The Morgan fingerprint density at radius 1 is 1.25 bits per heavy atom. The van der Waals surface area contributed by atoms with Crippen LogP contribution in [0.2, 0.25) is 5.02 Å². The Morgan fingerprint density at radius 3 is 3.08 bits per heavy atom. The molecular formula is C17H19ClN6. The lowest BCUT2D eigenvalue weighted by molar-refractivity contribution is 0.566. The average Bonchev–Trinajstić information content (AvgIpc) is 3.22. The van der Waals surface area contributed by atoms with Gasteiger partial charge in [0.2, 0.25) is 0 Å². The van der Waals surface area contributed by atoms with Gasteiger partial charge in [-0.1, -0.05) is 11.6 Å². The second-order valence-electron chi connectivity index (χ2n) is 6.05. The smallest absolute Gasteiger partial charge is 0.151 e. The highest BCUT2D eigenvalue weighted by atomic mass is 35.5. The summed E-state index contributed by atoms with van der Waals surface area (Å²) in [7, 11) is 0. The van der Waals surface area contributed by atoms with Crippen LogP contribution in [0.4, 0.5) is 5.82 Å². The fourth-order valence-electron chi connectivity index (χ4n) is 3.27. The first-order valence-corrected chi connectivity index (χ1v) is 8.55. The lowest BCUT2D eigenvalue weighted by atomic mass is 10.2. The molecule has 6 nitrogen and oxygen atoms in total. The number of imidazole rings is 1. The number of halogens is 1. The Kier molecular flexibility index (Phi) is 4.32. The minimum absolute atomic E-state index is 0.452. The van der Waals surface area contributed by atoms with Crippen LogP contribution in [0.1, 0.15) is 18.5 Å². The number of nitrogens with one attached hydrogen (secondary N) is 1. The molecule has 1 atom stereocenters. The average molecular weight is 343 g/mol. The molecule has 124 valence electrons. The summed E-state index contributed by atoms with van der Waals surface area (Å²) in [5, 5.41) is 12.5. The first-order chi connectivity index (χ1) is 11.8. The van der Waals surface area contributed by atoms with Gasteiger partial charge in [0.1, 0.15) is 5.65 Å². The zero-order chi connectivity index (χ0) is 16.4. The van der Waals surface area contributed by atoms with Crippen molar-refractivity contribution < 1.29 is 0 Å². The molecule has 1 N–H and O–H groups in total. The van der Waals surface area contributed by atoms with Crippen molar-refractivity contribution in [3.63, 3.8) is 0 Å². The van der Waals surface area contributed by atoms with Crippen LogP contribution in [0, 0.1) is 0 Å². The van der Waals surface area contributed by atoms with E-state index in [2.05, 4.69) is 25.4 Å².